The normalized spacial score (nSPS) is 11.1. The number of nitrogen functional groups attached to an aromatic ring is 1. The Morgan fingerprint density at radius 3 is 2.43 bits per heavy atom. The first-order chi connectivity index (χ1) is 9.83. The van der Waals surface area contributed by atoms with Crippen molar-refractivity contribution in [3.8, 4) is 0 Å². The van der Waals surface area contributed by atoms with E-state index in [1.54, 1.807) is 18.2 Å². The fourth-order valence-corrected chi connectivity index (χ4v) is 3.49. The van der Waals surface area contributed by atoms with Crippen molar-refractivity contribution in [2.75, 3.05) is 10.5 Å². The predicted octanol–water partition coefficient (Wildman–Crippen LogP) is 2.74. The van der Waals surface area contributed by atoms with Crippen LogP contribution in [0.1, 0.15) is 0 Å². The van der Waals surface area contributed by atoms with Crippen LogP contribution in [-0.4, -0.2) is 13.3 Å². The number of halogens is 1. The van der Waals surface area contributed by atoms with Crippen molar-refractivity contribution in [1.82, 2.24) is 0 Å². The summed E-state index contributed by atoms with van der Waals surface area (Å²) >= 11 is 3.20. The summed E-state index contributed by atoms with van der Waals surface area (Å²) in [6.45, 7) is 0. The van der Waals surface area contributed by atoms with Gasteiger partial charge in [-0.15, -0.1) is 0 Å². The van der Waals surface area contributed by atoms with Crippen LogP contribution in [0.4, 0.5) is 17.1 Å². The van der Waals surface area contributed by atoms with Gasteiger partial charge in [-0.3, -0.25) is 14.8 Å². The quantitative estimate of drug-likeness (QED) is 0.486. The van der Waals surface area contributed by atoms with Gasteiger partial charge < -0.3 is 5.73 Å². The zero-order valence-electron chi connectivity index (χ0n) is 10.5. The van der Waals surface area contributed by atoms with Gasteiger partial charge in [0.2, 0.25) is 0 Å². The largest absolute Gasteiger partial charge is 0.393 e. The maximum absolute atomic E-state index is 12.3. The molecule has 9 heteroatoms. The Kier molecular flexibility index (Phi) is 4.14. The molecule has 2 aromatic rings. The summed E-state index contributed by atoms with van der Waals surface area (Å²) < 4.78 is 27.5. The molecule has 21 heavy (non-hydrogen) atoms. The molecule has 2 rings (SSSR count). The summed E-state index contributed by atoms with van der Waals surface area (Å²) in [6, 6.07) is 10.3. The van der Waals surface area contributed by atoms with E-state index >= 15 is 0 Å². The van der Waals surface area contributed by atoms with Crippen molar-refractivity contribution in [1.29, 1.82) is 0 Å². The van der Waals surface area contributed by atoms with Gasteiger partial charge in [-0.2, -0.15) is 0 Å². The molecule has 0 saturated heterocycles. The number of hydrogen-bond donors (Lipinski definition) is 2. The third kappa shape index (κ3) is 3.14. The smallest absolute Gasteiger partial charge is 0.312 e. The lowest BCUT2D eigenvalue weighted by atomic mass is 10.3. The SMILES string of the molecule is Nc1cccc(S(=O)(=O)Nc2ccccc2Br)c1[N+](=O)[O-]. The van der Waals surface area contributed by atoms with Crippen molar-refractivity contribution >= 4 is 43.0 Å². The Bertz CT molecular complexity index is 808. The van der Waals surface area contributed by atoms with Crippen LogP contribution in [0.3, 0.4) is 0 Å². The van der Waals surface area contributed by atoms with E-state index < -0.39 is 25.5 Å². The van der Waals surface area contributed by atoms with Crippen LogP contribution in [0.2, 0.25) is 0 Å². The first-order valence-corrected chi connectivity index (χ1v) is 7.91. The zero-order chi connectivity index (χ0) is 15.6. The van der Waals surface area contributed by atoms with Gasteiger partial charge in [-0.05, 0) is 40.2 Å². The molecule has 0 unspecified atom stereocenters. The Hall–Kier alpha value is -2.13. The Morgan fingerprint density at radius 1 is 1.14 bits per heavy atom. The topological polar surface area (TPSA) is 115 Å². The number of nitrogens with zero attached hydrogens (tertiary/aromatic N) is 1. The molecule has 2 aromatic carbocycles. The lowest BCUT2D eigenvalue weighted by molar-refractivity contribution is -0.386. The van der Waals surface area contributed by atoms with Gasteiger partial charge in [0.25, 0.3) is 10.0 Å². The highest BCUT2D eigenvalue weighted by atomic mass is 79.9. The summed E-state index contributed by atoms with van der Waals surface area (Å²) in [5, 5.41) is 11.0. The number of hydrogen-bond acceptors (Lipinski definition) is 5. The minimum Gasteiger partial charge on any atom is -0.393 e. The number of nitrogens with two attached hydrogens (primary N) is 1. The number of rotatable bonds is 4. The number of nitrogens with one attached hydrogen (secondary N) is 1. The van der Waals surface area contributed by atoms with E-state index in [1.807, 2.05) is 0 Å². The average molecular weight is 372 g/mol. The average Bonchev–Trinajstić information content (AvgIpc) is 2.40. The molecule has 110 valence electrons. The van der Waals surface area contributed by atoms with E-state index in [1.165, 1.54) is 18.2 Å². The summed E-state index contributed by atoms with van der Waals surface area (Å²) in [7, 11) is -4.14. The molecule has 0 heterocycles. The van der Waals surface area contributed by atoms with E-state index in [-0.39, 0.29) is 11.4 Å². The summed E-state index contributed by atoms with van der Waals surface area (Å²) in [5.41, 5.74) is 4.92. The van der Waals surface area contributed by atoms with Crippen molar-refractivity contribution in [3.05, 3.63) is 57.1 Å². The van der Waals surface area contributed by atoms with Gasteiger partial charge in [-0.25, -0.2) is 8.42 Å². The summed E-state index contributed by atoms with van der Waals surface area (Å²) in [5.74, 6) is 0. The number of benzene rings is 2. The second-order valence-electron chi connectivity index (χ2n) is 4.04. The third-order valence-corrected chi connectivity index (χ3v) is 4.71. The molecule has 0 bridgehead atoms. The lowest BCUT2D eigenvalue weighted by Crippen LogP contribution is -2.15. The molecule has 0 radical (unpaired) electrons. The van der Waals surface area contributed by atoms with Crippen LogP contribution < -0.4 is 10.5 Å². The van der Waals surface area contributed by atoms with Gasteiger partial charge in [0.05, 0.1) is 10.6 Å². The maximum atomic E-state index is 12.3. The minimum atomic E-state index is -4.14. The van der Waals surface area contributed by atoms with Gasteiger partial charge in [0.15, 0.2) is 4.90 Å². The Balaban J connectivity index is 2.53. The highest BCUT2D eigenvalue weighted by molar-refractivity contribution is 9.10. The van der Waals surface area contributed by atoms with Crippen LogP contribution in [0.25, 0.3) is 0 Å². The first kappa shape index (κ1) is 15.3. The highest BCUT2D eigenvalue weighted by Gasteiger charge is 2.28. The van der Waals surface area contributed by atoms with E-state index in [0.717, 1.165) is 6.07 Å². The monoisotopic (exact) mass is 371 g/mol. The van der Waals surface area contributed by atoms with Crippen molar-refractivity contribution in [2.45, 2.75) is 4.90 Å². The van der Waals surface area contributed by atoms with Crippen molar-refractivity contribution in [3.63, 3.8) is 0 Å². The number of para-hydroxylation sites is 2. The van der Waals surface area contributed by atoms with Crippen LogP contribution >= 0.6 is 15.9 Å². The molecule has 0 atom stereocenters. The maximum Gasteiger partial charge on any atom is 0.312 e. The fourth-order valence-electron chi connectivity index (χ4n) is 1.70. The third-order valence-electron chi connectivity index (χ3n) is 2.62. The number of nitro groups is 1. The molecule has 3 N–H and O–H groups in total. The second-order valence-corrected chi connectivity index (χ2v) is 6.54. The molecule has 0 saturated carbocycles. The molecule has 0 fully saturated rings. The number of anilines is 2. The predicted molar refractivity (Wildman–Crippen MR) is 82.5 cm³/mol. The first-order valence-electron chi connectivity index (χ1n) is 5.63. The molecular weight excluding hydrogens is 362 g/mol. The van der Waals surface area contributed by atoms with Crippen molar-refractivity contribution in [2.24, 2.45) is 0 Å². The van der Waals surface area contributed by atoms with E-state index in [4.69, 9.17) is 5.73 Å². The van der Waals surface area contributed by atoms with E-state index in [2.05, 4.69) is 20.7 Å². The second kappa shape index (κ2) is 5.70. The van der Waals surface area contributed by atoms with Gasteiger partial charge in [0, 0.05) is 4.47 Å². The lowest BCUT2D eigenvalue weighted by Gasteiger charge is -2.10. The molecule has 0 aliphatic carbocycles. The summed E-state index contributed by atoms with van der Waals surface area (Å²) in [4.78, 5) is 9.73. The highest BCUT2D eigenvalue weighted by Crippen LogP contribution is 2.32. The molecule has 0 aromatic heterocycles. The molecule has 0 aliphatic rings. The van der Waals surface area contributed by atoms with E-state index in [9.17, 15) is 18.5 Å². The summed E-state index contributed by atoms with van der Waals surface area (Å²) in [6.07, 6.45) is 0. The molecule has 7 nitrogen and oxygen atoms in total. The molecule has 0 spiro atoms. The minimum absolute atomic E-state index is 0.213. The fraction of sp³-hybridized carbons (Fsp3) is 0. The molecule has 0 amide bonds. The van der Waals surface area contributed by atoms with E-state index in [0.29, 0.717) is 4.47 Å². The number of sulfonamides is 1. The zero-order valence-corrected chi connectivity index (χ0v) is 12.9. The van der Waals surface area contributed by atoms with Crippen molar-refractivity contribution < 1.29 is 13.3 Å². The molecular formula is C12H10BrN3O4S. The van der Waals surface area contributed by atoms with Crippen LogP contribution in [-0.2, 0) is 10.0 Å². The standard InChI is InChI=1S/C12H10BrN3O4S/c13-8-4-1-2-6-10(8)15-21(19,20)11-7-3-5-9(14)12(11)16(17)18/h1-7,15H,14H2. The van der Waals surface area contributed by atoms with Gasteiger partial charge in [0.1, 0.15) is 5.69 Å². The van der Waals surface area contributed by atoms with Gasteiger partial charge in [-0.1, -0.05) is 18.2 Å². The van der Waals surface area contributed by atoms with Crippen LogP contribution in [0, 0.1) is 10.1 Å². The Labute approximate surface area is 129 Å². The Morgan fingerprint density at radius 2 is 1.81 bits per heavy atom. The van der Waals surface area contributed by atoms with Gasteiger partial charge >= 0.3 is 5.69 Å². The van der Waals surface area contributed by atoms with Crippen LogP contribution in [0.15, 0.2) is 51.8 Å². The van der Waals surface area contributed by atoms with Crippen LogP contribution in [0.5, 0.6) is 0 Å². The number of nitro benzene ring substituents is 1. The molecule has 0 aliphatic heterocycles.